The van der Waals surface area contributed by atoms with Crippen molar-refractivity contribution in [3.8, 4) is 5.75 Å². The van der Waals surface area contributed by atoms with Crippen LogP contribution in [0.4, 0.5) is 0 Å². The first-order valence-corrected chi connectivity index (χ1v) is 8.92. The SMILES string of the molecule is Cc1cc(OC(C)C(=O)N2CCC(OCCCN)CC2)ccc1Cl. The zero-order chi connectivity index (χ0) is 17.5. The molecule has 1 amide bonds. The average Bonchev–Trinajstić information content (AvgIpc) is 2.58. The van der Waals surface area contributed by atoms with Gasteiger partial charge >= 0.3 is 0 Å². The Bertz CT molecular complexity index is 545. The molecular weight excluding hydrogens is 328 g/mol. The topological polar surface area (TPSA) is 64.8 Å². The van der Waals surface area contributed by atoms with Gasteiger partial charge in [0.15, 0.2) is 6.10 Å². The van der Waals surface area contributed by atoms with Crippen LogP contribution in [-0.4, -0.2) is 49.3 Å². The van der Waals surface area contributed by atoms with Gasteiger partial charge in [0.2, 0.25) is 0 Å². The van der Waals surface area contributed by atoms with Crippen molar-refractivity contribution in [2.24, 2.45) is 5.73 Å². The molecule has 1 fully saturated rings. The maximum absolute atomic E-state index is 12.5. The van der Waals surface area contributed by atoms with Gasteiger partial charge in [-0.2, -0.15) is 0 Å². The second-order valence-corrected chi connectivity index (χ2v) is 6.62. The fourth-order valence-corrected chi connectivity index (χ4v) is 2.90. The van der Waals surface area contributed by atoms with Gasteiger partial charge in [-0.1, -0.05) is 11.6 Å². The van der Waals surface area contributed by atoms with Crippen LogP contribution in [0.2, 0.25) is 5.02 Å². The lowest BCUT2D eigenvalue weighted by molar-refractivity contribution is -0.140. The maximum Gasteiger partial charge on any atom is 0.263 e. The molecule has 1 unspecified atom stereocenters. The van der Waals surface area contributed by atoms with Crippen LogP contribution in [0, 0.1) is 6.92 Å². The number of ether oxygens (including phenoxy) is 2. The molecule has 1 aromatic carbocycles. The van der Waals surface area contributed by atoms with E-state index in [0.29, 0.717) is 37.0 Å². The molecule has 0 radical (unpaired) electrons. The Labute approximate surface area is 149 Å². The number of rotatable bonds is 7. The molecule has 24 heavy (non-hydrogen) atoms. The lowest BCUT2D eigenvalue weighted by atomic mass is 10.1. The van der Waals surface area contributed by atoms with Gasteiger partial charge in [-0.05, 0) is 63.4 Å². The maximum atomic E-state index is 12.5. The summed E-state index contributed by atoms with van der Waals surface area (Å²) in [7, 11) is 0. The summed E-state index contributed by atoms with van der Waals surface area (Å²) in [5.74, 6) is 0.681. The summed E-state index contributed by atoms with van der Waals surface area (Å²) in [6.45, 7) is 6.47. The Morgan fingerprint density at radius 2 is 2.12 bits per heavy atom. The molecule has 6 heteroatoms. The third-order valence-corrected chi connectivity index (χ3v) is 4.67. The molecule has 0 spiro atoms. The van der Waals surface area contributed by atoms with E-state index in [9.17, 15) is 4.79 Å². The zero-order valence-electron chi connectivity index (χ0n) is 14.5. The number of carbonyl (C=O) groups excluding carboxylic acids is 1. The highest BCUT2D eigenvalue weighted by Gasteiger charge is 2.27. The number of nitrogens with zero attached hydrogens (tertiary/aromatic N) is 1. The first-order valence-electron chi connectivity index (χ1n) is 8.54. The zero-order valence-corrected chi connectivity index (χ0v) is 15.2. The smallest absolute Gasteiger partial charge is 0.263 e. The molecule has 2 rings (SSSR count). The summed E-state index contributed by atoms with van der Waals surface area (Å²) >= 11 is 6.01. The molecule has 1 aliphatic rings. The van der Waals surface area contributed by atoms with Crippen LogP contribution in [0.1, 0.15) is 31.7 Å². The Morgan fingerprint density at radius 3 is 2.75 bits per heavy atom. The molecule has 1 heterocycles. The van der Waals surface area contributed by atoms with E-state index in [1.54, 1.807) is 19.1 Å². The quantitative estimate of drug-likeness (QED) is 0.765. The highest BCUT2D eigenvalue weighted by atomic mass is 35.5. The second kappa shape index (κ2) is 9.25. The van der Waals surface area contributed by atoms with Crippen molar-refractivity contribution < 1.29 is 14.3 Å². The monoisotopic (exact) mass is 354 g/mol. The number of benzene rings is 1. The molecule has 1 aromatic rings. The summed E-state index contributed by atoms with van der Waals surface area (Å²) in [5.41, 5.74) is 6.40. The predicted molar refractivity (Wildman–Crippen MR) is 95.5 cm³/mol. The molecule has 0 bridgehead atoms. The standard InChI is InChI=1S/C18H27ClN2O3/c1-13-12-16(4-5-17(13)19)24-14(2)18(22)21-9-6-15(7-10-21)23-11-3-8-20/h4-5,12,14-15H,3,6-11,20H2,1-2H3. The van der Waals surface area contributed by atoms with E-state index in [-0.39, 0.29) is 12.0 Å². The lowest BCUT2D eigenvalue weighted by Gasteiger charge is -2.33. The molecule has 134 valence electrons. The highest BCUT2D eigenvalue weighted by Crippen LogP contribution is 2.23. The number of hydrogen-bond acceptors (Lipinski definition) is 4. The second-order valence-electron chi connectivity index (χ2n) is 6.21. The number of halogens is 1. The molecule has 0 aliphatic carbocycles. The van der Waals surface area contributed by atoms with Gasteiger partial charge in [0.05, 0.1) is 6.10 Å². The fraction of sp³-hybridized carbons (Fsp3) is 0.611. The van der Waals surface area contributed by atoms with E-state index < -0.39 is 6.10 Å². The summed E-state index contributed by atoms with van der Waals surface area (Å²) in [6.07, 6.45) is 2.33. The van der Waals surface area contributed by atoms with E-state index in [0.717, 1.165) is 24.8 Å². The number of nitrogens with two attached hydrogens (primary N) is 1. The van der Waals surface area contributed by atoms with Crippen LogP contribution in [-0.2, 0) is 9.53 Å². The van der Waals surface area contributed by atoms with E-state index in [2.05, 4.69) is 0 Å². The van der Waals surface area contributed by atoms with Crippen molar-refractivity contribution in [1.29, 1.82) is 0 Å². The molecule has 5 nitrogen and oxygen atoms in total. The summed E-state index contributed by atoms with van der Waals surface area (Å²) < 4.78 is 11.5. The minimum atomic E-state index is -0.514. The van der Waals surface area contributed by atoms with E-state index in [1.165, 1.54) is 0 Å². The number of piperidine rings is 1. The Hall–Kier alpha value is -1.30. The first kappa shape index (κ1) is 19.0. The van der Waals surface area contributed by atoms with Crippen molar-refractivity contribution in [2.45, 2.75) is 45.3 Å². The molecule has 0 saturated carbocycles. The molecule has 1 saturated heterocycles. The van der Waals surface area contributed by atoms with E-state index in [1.807, 2.05) is 17.9 Å². The van der Waals surface area contributed by atoms with Crippen LogP contribution < -0.4 is 10.5 Å². The van der Waals surface area contributed by atoms with Crippen molar-refractivity contribution in [2.75, 3.05) is 26.2 Å². The summed E-state index contributed by atoms with van der Waals surface area (Å²) in [4.78, 5) is 14.4. The van der Waals surface area contributed by atoms with E-state index >= 15 is 0 Å². The molecule has 1 atom stereocenters. The van der Waals surface area contributed by atoms with Crippen molar-refractivity contribution in [3.63, 3.8) is 0 Å². The highest BCUT2D eigenvalue weighted by molar-refractivity contribution is 6.31. The number of hydrogen-bond donors (Lipinski definition) is 1. The predicted octanol–water partition coefficient (Wildman–Crippen LogP) is 2.77. The summed E-state index contributed by atoms with van der Waals surface area (Å²) in [5, 5.41) is 0.693. The Balaban J connectivity index is 1.80. The van der Waals surface area contributed by atoms with E-state index in [4.69, 9.17) is 26.8 Å². The molecule has 0 aromatic heterocycles. The molecule has 2 N–H and O–H groups in total. The van der Waals surface area contributed by atoms with Gasteiger partial charge in [-0.25, -0.2) is 0 Å². The van der Waals surface area contributed by atoms with Gasteiger partial charge in [-0.15, -0.1) is 0 Å². The lowest BCUT2D eigenvalue weighted by Crippen LogP contribution is -2.46. The van der Waals surface area contributed by atoms with Gasteiger partial charge in [0, 0.05) is 24.7 Å². The molecular formula is C18H27ClN2O3. The van der Waals surface area contributed by atoms with Gasteiger partial charge in [-0.3, -0.25) is 4.79 Å². The Morgan fingerprint density at radius 1 is 1.42 bits per heavy atom. The number of amides is 1. The van der Waals surface area contributed by atoms with Crippen LogP contribution in [0.5, 0.6) is 5.75 Å². The van der Waals surface area contributed by atoms with Crippen LogP contribution in [0.15, 0.2) is 18.2 Å². The van der Waals surface area contributed by atoms with Crippen LogP contribution in [0.3, 0.4) is 0 Å². The number of aryl methyl sites for hydroxylation is 1. The van der Waals surface area contributed by atoms with Gasteiger partial charge in [0.1, 0.15) is 5.75 Å². The van der Waals surface area contributed by atoms with Crippen molar-refractivity contribution in [3.05, 3.63) is 28.8 Å². The first-order chi connectivity index (χ1) is 11.5. The third kappa shape index (κ3) is 5.36. The van der Waals surface area contributed by atoms with Crippen molar-refractivity contribution in [1.82, 2.24) is 4.90 Å². The van der Waals surface area contributed by atoms with Crippen LogP contribution in [0.25, 0.3) is 0 Å². The van der Waals surface area contributed by atoms with Crippen LogP contribution >= 0.6 is 11.6 Å². The normalized spacial score (nSPS) is 16.9. The molecule has 1 aliphatic heterocycles. The van der Waals surface area contributed by atoms with Gasteiger partial charge < -0.3 is 20.1 Å². The Kier molecular flexibility index (Phi) is 7.34. The summed E-state index contributed by atoms with van der Waals surface area (Å²) in [6, 6.07) is 5.42. The minimum absolute atomic E-state index is 0.0167. The number of carbonyl (C=O) groups is 1. The minimum Gasteiger partial charge on any atom is -0.481 e. The van der Waals surface area contributed by atoms with Gasteiger partial charge in [0.25, 0.3) is 5.91 Å². The fourth-order valence-electron chi connectivity index (χ4n) is 2.78. The average molecular weight is 355 g/mol. The largest absolute Gasteiger partial charge is 0.481 e. The van der Waals surface area contributed by atoms with Crippen molar-refractivity contribution >= 4 is 17.5 Å². The number of likely N-dealkylation sites (tertiary alicyclic amines) is 1. The third-order valence-electron chi connectivity index (χ3n) is 4.25.